The molecule has 1 amide bonds. The van der Waals surface area contributed by atoms with Crippen molar-refractivity contribution in [2.75, 3.05) is 40.3 Å². The van der Waals surface area contributed by atoms with Gasteiger partial charge in [-0.3, -0.25) is 9.69 Å². The standard InChI is InChI=1S/C20H36N6O2/c1-7-26-10-8-9-15(26)11-22-19(24-14-18(27)25(5)6)23-13-17-21-12-16(28-17)20(2,3)4/h12,15H,7-11,13-14H2,1-6H3,(H2,22,23,24). The molecule has 0 radical (unpaired) electrons. The van der Waals surface area contributed by atoms with Crippen molar-refractivity contribution in [3.8, 4) is 0 Å². The van der Waals surface area contributed by atoms with E-state index in [4.69, 9.17) is 4.42 Å². The second kappa shape index (κ2) is 9.91. The van der Waals surface area contributed by atoms with Crippen molar-refractivity contribution in [2.45, 2.75) is 58.5 Å². The van der Waals surface area contributed by atoms with Gasteiger partial charge in [0.15, 0.2) is 5.96 Å². The first-order valence-electron chi connectivity index (χ1n) is 10.1. The zero-order valence-corrected chi connectivity index (χ0v) is 18.2. The third kappa shape index (κ3) is 6.51. The number of nitrogens with one attached hydrogen (secondary N) is 2. The second-order valence-electron chi connectivity index (χ2n) is 8.48. The third-order valence-corrected chi connectivity index (χ3v) is 4.98. The Morgan fingerprint density at radius 2 is 2.14 bits per heavy atom. The van der Waals surface area contributed by atoms with Gasteiger partial charge in [0.25, 0.3) is 0 Å². The molecule has 1 aromatic rings. The van der Waals surface area contributed by atoms with Crippen LogP contribution < -0.4 is 10.6 Å². The highest BCUT2D eigenvalue weighted by Crippen LogP contribution is 2.22. The molecule has 1 aromatic heterocycles. The molecule has 158 valence electrons. The van der Waals surface area contributed by atoms with Crippen molar-refractivity contribution in [1.29, 1.82) is 0 Å². The molecule has 0 aromatic carbocycles. The third-order valence-electron chi connectivity index (χ3n) is 4.98. The maximum absolute atomic E-state index is 11.9. The molecule has 28 heavy (non-hydrogen) atoms. The van der Waals surface area contributed by atoms with Crippen LogP contribution in [0.3, 0.4) is 0 Å². The molecule has 1 aliphatic rings. The number of likely N-dealkylation sites (tertiary alicyclic amines) is 1. The van der Waals surface area contributed by atoms with Crippen LogP contribution in [-0.2, 0) is 16.8 Å². The first kappa shape index (κ1) is 22.2. The Kier molecular flexibility index (Phi) is 7.86. The summed E-state index contributed by atoms with van der Waals surface area (Å²) in [4.78, 5) is 24.7. The van der Waals surface area contributed by atoms with Crippen LogP contribution in [0, 0.1) is 0 Å². The van der Waals surface area contributed by atoms with Gasteiger partial charge < -0.3 is 20.0 Å². The van der Waals surface area contributed by atoms with Gasteiger partial charge in [0.05, 0.1) is 12.7 Å². The summed E-state index contributed by atoms with van der Waals surface area (Å²) < 4.78 is 5.83. The molecule has 8 nitrogen and oxygen atoms in total. The number of aliphatic imine (C=N–C) groups is 1. The van der Waals surface area contributed by atoms with Gasteiger partial charge in [-0.25, -0.2) is 9.98 Å². The number of guanidine groups is 1. The van der Waals surface area contributed by atoms with Crippen LogP contribution in [0.1, 0.15) is 52.2 Å². The molecule has 2 N–H and O–H groups in total. The summed E-state index contributed by atoms with van der Waals surface area (Å²) in [6, 6.07) is 0.496. The average Bonchev–Trinajstić information content (AvgIpc) is 3.29. The Morgan fingerprint density at radius 1 is 1.39 bits per heavy atom. The molecule has 1 aliphatic heterocycles. The smallest absolute Gasteiger partial charge is 0.243 e. The summed E-state index contributed by atoms with van der Waals surface area (Å²) in [6.45, 7) is 12.0. The highest BCUT2D eigenvalue weighted by Gasteiger charge is 2.23. The average molecular weight is 393 g/mol. The number of carbonyl (C=O) groups is 1. The summed E-state index contributed by atoms with van der Waals surface area (Å²) in [5.41, 5.74) is -0.0787. The van der Waals surface area contributed by atoms with Crippen LogP contribution in [0.4, 0.5) is 0 Å². The molecule has 1 unspecified atom stereocenters. The molecule has 1 saturated heterocycles. The number of oxazole rings is 1. The van der Waals surface area contributed by atoms with E-state index in [2.05, 4.69) is 53.2 Å². The van der Waals surface area contributed by atoms with Crippen molar-refractivity contribution >= 4 is 11.9 Å². The van der Waals surface area contributed by atoms with E-state index in [9.17, 15) is 4.79 Å². The van der Waals surface area contributed by atoms with Crippen molar-refractivity contribution < 1.29 is 9.21 Å². The maximum Gasteiger partial charge on any atom is 0.243 e. The van der Waals surface area contributed by atoms with Gasteiger partial charge in [0, 0.05) is 32.1 Å². The van der Waals surface area contributed by atoms with E-state index in [-0.39, 0.29) is 17.9 Å². The van der Waals surface area contributed by atoms with E-state index in [1.54, 1.807) is 25.2 Å². The predicted molar refractivity (Wildman–Crippen MR) is 111 cm³/mol. The molecule has 0 aliphatic carbocycles. The Balaban J connectivity index is 1.98. The summed E-state index contributed by atoms with van der Waals surface area (Å²) in [5.74, 6) is 2.02. The van der Waals surface area contributed by atoms with E-state index < -0.39 is 0 Å². The minimum absolute atomic E-state index is 0.0386. The van der Waals surface area contributed by atoms with E-state index >= 15 is 0 Å². The van der Waals surface area contributed by atoms with Crippen LogP contribution in [-0.4, -0.2) is 73.0 Å². The Hall–Kier alpha value is -2.09. The number of aromatic nitrogens is 1. The molecular formula is C20H36N6O2. The van der Waals surface area contributed by atoms with Gasteiger partial charge in [-0.1, -0.05) is 27.7 Å². The zero-order chi connectivity index (χ0) is 20.7. The van der Waals surface area contributed by atoms with E-state index in [0.29, 0.717) is 24.4 Å². The lowest BCUT2D eigenvalue weighted by Gasteiger charge is -2.24. The van der Waals surface area contributed by atoms with Gasteiger partial charge in [0.1, 0.15) is 12.3 Å². The summed E-state index contributed by atoms with van der Waals surface area (Å²) in [7, 11) is 3.47. The number of carbonyl (C=O) groups excluding carboxylic acids is 1. The van der Waals surface area contributed by atoms with E-state index in [1.165, 1.54) is 12.8 Å². The topological polar surface area (TPSA) is 86.0 Å². The fourth-order valence-electron chi connectivity index (χ4n) is 3.12. The van der Waals surface area contributed by atoms with Crippen LogP contribution in [0.2, 0.25) is 0 Å². The van der Waals surface area contributed by atoms with Gasteiger partial charge >= 0.3 is 0 Å². The van der Waals surface area contributed by atoms with Crippen molar-refractivity contribution in [3.05, 3.63) is 17.8 Å². The molecule has 2 rings (SSSR count). The molecule has 1 fully saturated rings. The molecular weight excluding hydrogens is 356 g/mol. The van der Waals surface area contributed by atoms with Gasteiger partial charge in [0.2, 0.25) is 11.8 Å². The molecule has 8 heteroatoms. The molecule has 0 bridgehead atoms. The number of likely N-dealkylation sites (N-methyl/N-ethyl adjacent to an activating group) is 2. The lowest BCUT2D eigenvalue weighted by atomic mass is 9.94. The lowest BCUT2D eigenvalue weighted by molar-refractivity contribution is -0.127. The van der Waals surface area contributed by atoms with Crippen LogP contribution in [0.5, 0.6) is 0 Å². The minimum atomic E-state index is -0.0787. The van der Waals surface area contributed by atoms with E-state index in [1.807, 2.05) is 0 Å². The monoisotopic (exact) mass is 392 g/mol. The molecule has 1 atom stereocenters. The Bertz CT molecular complexity index is 662. The molecule has 0 spiro atoms. The first-order valence-corrected chi connectivity index (χ1v) is 10.1. The summed E-state index contributed by atoms with van der Waals surface area (Å²) in [6.07, 6.45) is 4.18. The Morgan fingerprint density at radius 3 is 2.75 bits per heavy atom. The number of amides is 1. The first-order chi connectivity index (χ1) is 13.2. The SMILES string of the molecule is CCN1CCCC1CNC(=NCC(=O)N(C)C)NCc1ncc(C(C)(C)C)o1. The quantitative estimate of drug-likeness (QED) is 0.541. The normalized spacial score (nSPS) is 18.4. The number of nitrogens with zero attached hydrogens (tertiary/aromatic N) is 4. The summed E-state index contributed by atoms with van der Waals surface area (Å²) in [5, 5.41) is 6.63. The van der Waals surface area contributed by atoms with Gasteiger partial charge in [-0.05, 0) is 25.9 Å². The Labute approximate surface area is 168 Å². The van der Waals surface area contributed by atoms with Crippen LogP contribution in [0.25, 0.3) is 0 Å². The van der Waals surface area contributed by atoms with Gasteiger partial charge in [-0.15, -0.1) is 0 Å². The van der Waals surface area contributed by atoms with Gasteiger partial charge in [-0.2, -0.15) is 0 Å². The molecule has 2 heterocycles. The van der Waals surface area contributed by atoms with Crippen LogP contribution in [0.15, 0.2) is 15.6 Å². The van der Waals surface area contributed by atoms with E-state index in [0.717, 1.165) is 25.4 Å². The van der Waals surface area contributed by atoms with Crippen molar-refractivity contribution in [1.82, 2.24) is 25.4 Å². The summed E-state index contributed by atoms with van der Waals surface area (Å²) >= 11 is 0. The van der Waals surface area contributed by atoms with Crippen LogP contribution >= 0.6 is 0 Å². The molecule has 0 saturated carbocycles. The van der Waals surface area contributed by atoms with Crippen molar-refractivity contribution in [3.63, 3.8) is 0 Å². The number of hydrogen-bond donors (Lipinski definition) is 2. The maximum atomic E-state index is 11.9. The second-order valence-corrected chi connectivity index (χ2v) is 8.48. The fourth-order valence-corrected chi connectivity index (χ4v) is 3.12. The largest absolute Gasteiger partial charge is 0.443 e. The van der Waals surface area contributed by atoms with Crippen molar-refractivity contribution in [2.24, 2.45) is 4.99 Å². The zero-order valence-electron chi connectivity index (χ0n) is 18.2. The highest BCUT2D eigenvalue weighted by molar-refractivity contribution is 5.84. The lowest BCUT2D eigenvalue weighted by Crippen LogP contribution is -2.45. The number of rotatable bonds is 7. The minimum Gasteiger partial charge on any atom is -0.443 e. The highest BCUT2D eigenvalue weighted by atomic mass is 16.4. The number of hydrogen-bond acceptors (Lipinski definition) is 5. The fraction of sp³-hybridized carbons (Fsp3) is 0.750. The predicted octanol–water partition coefficient (Wildman–Crippen LogP) is 1.58.